The summed E-state index contributed by atoms with van der Waals surface area (Å²) in [4.78, 5) is 23.2. The first-order valence-electron chi connectivity index (χ1n) is 6.94. The van der Waals surface area contributed by atoms with Gasteiger partial charge in [-0.1, -0.05) is 18.2 Å². The van der Waals surface area contributed by atoms with Crippen LogP contribution in [-0.4, -0.2) is 28.8 Å². The number of carbonyl (C=O) groups excluding carboxylic acids is 1. The molecule has 1 amide bonds. The molecule has 0 aliphatic rings. The maximum atomic E-state index is 11.8. The van der Waals surface area contributed by atoms with Gasteiger partial charge in [0.25, 0.3) is 0 Å². The molecule has 0 aliphatic carbocycles. The summed E-state index contributed by atoms with van der Waals surface area (Å²) in [7, 11) is 0. The number of aliphatic carboxylic acids is 1. The molecule has 2 rings (SSSR count). The second-order valence-electron chi connectivity index (χ2n) is 6.00. The molecule has 1 heterocycles. The molecule has 1 atom stereocenters. The number of ether oxygens (including phenoxy) is 1. The number of amides is 1. The van der Waals surface area contributed by atoms with E-state index < -0.39 is 23.7 Å². The number of alkyl carbamates (subject to hydrolysis) is 1. The largest absolute Gasteiger partial charge is 0.480 e. The summed E-state index contributed by atoms with van der Waals surface area (Å²) in [6.45, 7) is 5.19. The summed E-state index contributed by atoms with van der Waals surface area (Å²) in [6.07, 6.45) is -0.502. The van der Waals surface area contributed by atoms with Gasteiger partial charge in [0, 0.05) is 11.1 Å². The van der Waals surface area contributed by atoms with Crippen LogP contribution in [0.1, 0.15) is 26.3 Å². The highest BCUT2D eigenvalue weighted by molar-refractivity contribution is 7.17. The third-order valence-electron chi connectivity index (χ3n) is 2.97. The fourth-order valence-corrected chi connectivity index (χ4v) is 3.04. The molecule has 1 aromatic carbocycles. The molecule has 118 valence electrons. The highest BCUT2D eigenvalue weighted by Crippen LogP contribution is 2.26. The van der Waals surface area contributed by atoms with E-state index in [9.17, 15) is 14.7 Å². The lowest BCUT2D eigenvalue weighted by atomic mass is 10.1. The monoisotopic (exact) mass is 321 g/mol. The third kappa shape index (κ3) is 4.21. The number of nitrogens with one attached hydrogen (secondary N) is 1. The first-order chi connectivity index (χ1) is 10.3. The lowest BCUT2D eigenvalue weighted by Gasteiger charge is -2.22. The number of rotatable bonds is 4. The summed E-state index contributed by atoms with van der Waals surface area (Å²) in [5.41, 5.74) is 0.242. The van der Waals surface area contributed by atoms with Crippen molar-refractivity contribution in [1.82, 2.24) is 5.32 Å². The molecule has 0 saturated heterocycles. The normalized spacial score (nSPS) is 12.9. The number of hydrogen-bond acceptors (Lipinski definition) is 4. The van der Waals surface area contributed by atoms with Crippen LogP contribution in [0.25, 0.3) is 10.1 Å². The second kappa shape index (κ2) is 6.36. The minimum absolute atomic E-state index is 0.221. The zero-order chi connectivity index (χ0) is 16.3. The van der Waals surface area contributed by atoms with Gasteiger partial charge in [-0.3, -0.25) is 0 Å². The van der Waals surface area contributed by atoms with E-state index in [1.54, 1.807) is 32.1 Å². The molecule has 5 nitrogen and oxygen atoms in total. The van der Waals surface area contributed by atoms with Crippen molar-refractivity contribution in [3.05, 3.63) is 35.2 Å². The third-order valence-corrected chi connectivity index (χ3v) is 3.99. The lowest BCUT2D eigenvalue weighted by molar-refractivity contribution is -0.139. The van der Waals surface area contributed by atoms with Crippen molar-refractivity contribution in [3.8, 4) is 0 Å². The molecule has 0 aliphatic heterocycles. The van der Waals surface area contributed by atoms with Crippen LogP contribution in [0.15, 0.2) is 29.6 Å². The summed E-state index contributed by atoms with van der Waals surface area (Å²) in [5, 5.41) is 14.7. The molecule has 1 aromatic heterocycles. The molecule has 6 heteroatoms. The summed E-state index contributed by atoms with van der Waals surface area (Å²) in [6, 6.07) is 6.77. The van der Waals surface area contributed by atoms with E-state index >= 15 is 0 Å². The zero-order valence-electron chi connectivity index (χ0n) is 12.8. The quantitative estimate of drug-likeness (QED) is 0.904. The first kappa shape index (κ1) is 16.3. The Morgan fingerprint density at radius 1 is 1.32 bits per heavy atom. The van der Waals surface area contributed by atoms with E-state index in [4.69, 9.17) is 4.74 Å². The van der Waals surface area contributed by atoms with Gasteiger partial charge in [-0.2, -0.15) is 0 Å². The Kier molecular flexibility index (Phi) is 4.71. The predicted octanol–water partition coefficient (Wildman–Crippen LogP) is 3.42. The van der Waals surface area contributed by atoms with E-state index in [1.807, 2.05) is 29.6 Å². The summed E-state index contributed by atoms with van der Waals surface area (Å²) >= 11 is 1.56. The number of benzene rings is 1. The van der Waals surface area contributed by atoms with Crippen LogP contribution in [0, 0.1) is 0 Å². The van der Waals surface area contributed by atoms with E-state index in [0.29, 0.717) is 0 Å². The molecule has 0 spiro atoms. The average molecular weight is 321 g/mol. The number of hydrogen-bond donors (Lipinski definition) is 2. The molecule has 0 unspecified atom stereocenters. The Labute approximate surface area is 132 Å². The van der Waals surface area contributed by atoms with E-state index in [-0.39, 0.29) is 6.42 Å². The Bertz CT molecular complexity index is 687. The van der Waals surface area contributed by atoms with Gasteiger partial charge < -0.3 is 15.2 Å². The highest BCUT2D eigenvalue weighted by Gasteiger charge is 2.25. The average Bonchev–Trinajstić information content (AvgIpc) is 2.79. The van der Waals surface area contributed by atoms with Crippen molar-refractivity contribution in [1.29, 1.82) is 0 Å². The van der Waals surface area contributed by atoms with Crippen molar-refractivity contribution in [2.45, 2.75) is 38.8 Å². The lowest BCUT2D eigenvalue weighted by Crippen LogP contribution is -2.44. The fraction of sp³-hybridized carbons (Fsp3) is 0.375. The maximum Gasteiger partial charge on any atom is 0.408 e. The van der Waals surface area contributed by atoms with Crippen LogP contribution in [0.3, 0.4) is 0 Å². The number of thiophene rings is 1. The number of carboxylic acids is 1. The van der Waals surface area contributed by atoms with Gasteiger partial charge in [0.2, 0.25) is 0 Å². The Balaban J connectivity index is 2.12. The van der Waals surface area contributed by atoms with Gasteiger partial charge in [-0.25, -0.2) is 9.59 Å². The first-order valence-corrected chi connectivity index (χ1v) is 7.81. The summed E-state index contributed by atoms with van der Waals surface area (Å²) in [5.74, 6) is -1.08. The minimum atomic E-state index is -1.08. The second-order valence-corrected chi connectivity index (χ2v) is 6.91. The topological polar surface area (TPSA) is 75.6 Å². The fourth-order valence-electron chi connectivity index (χ4n) is 2.06. The van der Waals surface area contributed by atoms with Gasteiger partial charge in [0.15, 0.2) is 0 Å². The highest BCUT2D eigenvalue weighted by atomic mass is 32.1. The van der Waals surface area contributed by atoms with Crippen molar-refractivity contribution >= 4 is 33.5 Å². The molecule has 0 fully saturated rings. The molecule has 0 saturated carbocycles. The van der Waals surface area contributed by atoms with Crippen LogP contribution >= 0.6 is 11.3 Å². The van der Waals surface area contributed by atoms with Crippen molar-refractivity contribution in [2.24, 2.45) is 0 Å². The Morgan fingerprint density at radius 3 is 2.64 bits per heavy atom. The van der Waals surface area contributed by atoms with E-state index in [1.165, 1.54) is 0 Å². The molecule has 2 N–H and O–H groups in total. The molecule has 0 bridgehead atoms. The molecular weight excluding hydrogens is 302 g/mol. The zero-order valence-corrected chi connectivity index (χ0v) is 13.6. The SMILES string of the molecule is CC(C)(C)OC(=O)N[C@@H](Cc1csc2ccccc12)C(=O)O. The standard InChI is InChI=1S/C16H19NO4S/c1-16(2,3)21-15(20)17-12(14(18)19)8-10-9-22-13-7-5-4-6-11(10)13/h4-7,9,12H,8H2,1-3H3,(H,17,20)(H,18,19)/t12-/m0/s1. The van der Waals surface area contributed by atoms with Gasteiger partial charge in [-0.05, 0) is 43.2 Å². The van der Waals surface area contributed by atoms with Crippen LogP contribution < -0.4 is 5.32 Å². The number of carboxylic acid groups (broad SMARTS) is 1. The van der Waals surface area contributed by atoms with Crippen LogP contribution in [0.4, 0.5) is 4.79 Å². The smallest absolute Gasteiger partial charge is 0.408 e. The Morgan fingerprint density at radius 2 is 2.00 bits per heavy atom. The Hall–Kier alpha value is -2.08. The van der Waals surface area contributed by atoms with Crippen LogP contribution in [-0.2, 0) is 16.0 Å². The molecule has 2 aromatic rings. The molecule has 22 heavy (non-hydrogen) atoms. The maximum absolute atomic E-state index is 11.8. The van der Waals surface area contributed by atoms with E-state index in [2.05, 4.69) is 5.32 Å². The van der Waals surface area contributed by atoms with Crippen molar-refractivity contribution < 1.29 is 19.4 Å². The van der Waals surface area contributed by atoms with E-state index in [0.717, 1.165) is 15.6 Å². The number of fused-ring (bicyclic) bond motifs is 1. The van der Waals surface area contributed by atoms with Gasteiger partial charge in [-0.15, -0.1) is 11.3 Å². The predicted molar refractivity (Wildman–Crippen MR) is 86.3 cm³/mol. The van der Waals surface area contributed by atoms with Gasteiger partial charge in [0.05, 0.1) is 0 Å². The summed E-state index contributed by atoms with van der Waals surface area (Å²) < 4.78 is 6.21. The van der Waals surface area contributed by atoms with Gasteiger partial charge >= 0.3 is 12.1 Å². The van der Waals surface area contributed by atoms with Crippen LogP contribution in [0.5, 0.6) is 0 Å². The van der Waals surface area contributed by atoms with Crippen LogP contribution in [0.2, 0.25) is 0 Å². The van der Waals surface area contributed by atoms with Crippen molar-refractivity contribution in [3.63, 3.8) is 0 Å². The molecule has 0 radical (unpaired) electrons. The van der Waals surface area contributed by atoms with Gasteiger partial charge in [0.1, 0.15) is 11.6 Å². The minimum Gasteiger partial charge on any atom is -0.480 e. The van der Waals surface area contributed by atoms with Crippen molar-refractivity contribution in [2.75, 3.05) is 0 Å². The molecular formula is C16H19NO4S. The number of carbonyl (C=O) groups is 2.